The van der Waals surface area contributed by atoms with E-state index in [4.69, 9.17) is 0 Å². The highest BCUT2D eigenvalue weighted by Gasteiger charge is 2.39. The van der Waals surface area contributed by atoms with Crippen LogP contribution in [0.5, 0.6) is 0 Å². The molecular weight excluding hydrogens is 150 g/mol. The van der Waals surface area contributed by atoms with Gasteiger partial charge < -0.3 is 10.4 Å². The first-order valence-corrected chi connectivity index (χ1v) is 5.16. The van der Waals surface area contributed by atoms with Gasteiger partial charge in [0.2, 0.25) is 0 Å². The van der Waals surface area contributed by atoms with Gasteiger partial charge in [0, 0.05) is 6.04 Å². The molecule has 0 aromatic rings. The zero-order chi connectivity index (χ0) is 8.55. The molecule has 0 aromatic carbocycles. The van der Waals surface area contributed by atoms with Crippen LogP contribution in [-0.2, 0) is 0 Å². The fourth-order valence-electron chi connectivity index (χ4n) is 2.53. The second kappa shape index (κ2) is 3.35. The number of aliphatic hydroxyl groups excluding tert-OH is 1. The summed E-state index contributed by atoms with van der Waals surface area (Å²) in [4.78, 5) is 0. The minimum absolute atomic E-state index is 0.100. The summed E-state index contributed by atoms with van der Waals surface area (Å²) < 4.78 is 0. The molecule has 2 aliphatic rings. The molecule has 70 valence electrons. The number of hydrogen-bond donors (Lipinski definition) is 2. The maximum atomic E-state index is 9.75. The Morgan fingerprint density at radius 2 is 1.75 bits per heavy atom. The molecule has 0 bridgehead atoms. The molecule has 0 saturated heterocycles. The van der Waals surface area contributed by atoms with Crippen molar-refractivity contribution in [3.63, 3.8) is 0 Å². The monoisotopic (exact) mass is 169 g/mol. The summed E-state index contributed by atoms with van der Waals surface area (Å²) in [5.41, 5.74) is 0. The number of fused-ring (bicyclic) bond motifs is 1. The molecule has 0 amide bonds. The summed E-state index contributed by atoms with van der Waals surface area (Å²) in [6.45, 7) is 0. The molecule has 0 unspecified atom stereocenters. The molecule has 2 rings (SSSR count). The molecule has 2 fully saturated rings. The van der Waals surface area contributed by atoms with Gasteiger partial charge in [-0.15, -0.1) is 0 Å². The number of rotatable bonds is 1. The normalized spacial score (nSPS) is 47.5. The second-order valence-corrected chi connectivity index (χ2v) is 4.37. The van der Waals surface area contributed by atoms with Gasteiger partial charge in [0.05, 0.1) is 6.10 Å². The summed E-state index contributed by atoms with van der Waals surface area (Å²) >= 11 is 0. The van der Waals surface area contributed by atoms with Gasteiger partial charge in [0.25, 0.3) is 0 Å². The number of hydrogen-bond acceptors (Lipinski definition) is 2. The average molecular weight is 169 g/mol. The van der Waals surface area contributed by atoms with Gasteiger partial charge in [-0.25, -0.2) is 0 Å². The lowest BCUT2D eigenvalue weighted by atomic mass is 9.94. The zero-order valence-corrected chi connectivity index (χ0v) is 7.79. The summed E-state index contributed by atoms with van der Waals surface area (Å²) in [5, 5.41) is 13.0. The Kier molecular flexibility index (Phi) is 2.37. The third-order valence-corrected chi connectivity index (χ3v) is 3.59. The minimum atomic E-state index is -0.100. The minimum Gasteiger partial charge on any atom is -0.392 e. The molecular formula is C10H19NO. The molecule has 2 heteroatoms. The van der Waals surface area contributed by atoms with Crippen LogP contribution in [0, 0.1) is 11.8 Å². The Balaban J connectivity index is 1.89. The maximum Gasteiger partial charge on any atom is 0.0693 e. The number of likely N-dealkylation sites (N-methyl/N-ethyl adjacent to an activating group) is 1. The lowest BCUT2D eigenvalue weighted by Gasteiger charge is -2.24. The van der Waals surface area contributed by atoms with E-state index in [2.05, 4.69) is 5.32 Å². The van der Waals surface area contributed by atoms with Gasteiger partial charge in [-0.05, 0) is 51.0 Å². The Morgan fingerprint density at radius 3 is 2.42 bits per heavy atom. The first-order valence-electron chi connectivity index (χ1n) is 5.16. The molecule has 0 aromatic heterocycles. The third kappa shape index (κ3) is 1.64. The topological polar surface area (TPSA) is 32.3 Å². The van der Waals surface area contributed by atoms with Crippen LogP contribution < -0.4 is 5.32 Å². The number of aliphatic hydroxyl groups is 1. The van der Waals surface area contributed by atoms with Gasteiger partial charge in [0.15, 0.2) is 0 Å². The lowest BCUT2D eigenvalue weighted by molar-refractivity contribution is 0.106. The average Bonchev–Trinajstić information content (AvgIpc) is 2.78. The van der Waals surface area contributed by atoms with Crippen LogP contribution in [0.1, 0.15) is 32.1 Å². The van der Waals surface area contributed by atoms with E-state index in [9.17, 15) is 5.11 Å². The predicted molar refractivity (Wildman–Crippen MR) is 48.9 cm³/mol. The van der Waals surface area contributed by atoms with Crippen LogP contribution in [-0.4, -0.2) is 24.3 Å². The SMILES string of the molecule is CN[C@@H]1CC[C@@H]2C[C@H]2CC[C@H]1O. The fraction of sp³-hybridized carbons (Fsp3) is 1.00. The van der Waals surface area contributed by atoms with Crippen molar-refractivity contribution in [1.82, 2.24) is 5.32 Å². The van der Waals surface area contributed by atoms with Crippen LogP contribution in [0.15, 0.2) is 0 Å². The highest BCUT2D eigenvalue weighted by Crippen LogP contribution is 2.47. The lowest BCUT2D eigenvalue weighted by Crippen LogP contribution is -2.38. The Labute approximate surface area is 74.4 Å². The van der Waals surface area contributed by atoms with Gasteiger partial charge in [-0.2, -0.15) is 0 Å². The van der Waals surface area contributed by atoms with Crippen molar-refractivity contribution in [2.24, 2.45) is 11.8 Å². The molecule has 2 nitrogen and oxygen atoms in total. The van der Waals surface area contributed by atoms with Crippen molar-refractivity contribution in [2.45, 2.75) is 44.2 Å². The van der Waals surface area contributed by atoms with E-state index >= 15 is 0 Å². The highest BCUT2D eigenvalue weighted by molar-refractivity contribution is 4.91. The number of nitrogens with one attached hydrogen (secondary N) is 1. The van der Waals surface area contributed by atoms with E-state index in [-0.39, 0.29) is 6.10 Å². The molecule has 2 saturated carbocycles. The molecule has 12 heavy (non-hydrogen) atoms. The first-order chi connectivity index (χ1) is 5.81. The summed E-state index contributed by atoms with van der Waals surface area (Å²) in [5.74, 6) is 1.98. The van der Waals surface area contributed by atoms with Gasteiger partial charge in [-0.3, -0.25) is 0 Å². The molecule has 2 N–H and O–H groups in total. The van der Waals surface area contributed by atoms with Crippen molar-refractivity contribution in [2.75, 3.05) is 7.05 Å². The van der Waals surface area contributed by atoms with E-state index in [0.717, 1.165) is 18.3 Å². The fourth-order valence-corrected chi connectivity index (χ4v) is 2.53. The summed E-state index contributed by atoms with van der Waals surface area (Å²) in [6.07, 6.45) is 6.09. The molecule has 2 aliphatic carbocycles. The van der Waals surface area contributed by atoms with E-state index in [0.29, 0.717) is 6.04 Å². The Bertz CT molecular complexity index is 160. The van der Waals surface area contributed by atoms with Crippen LogP contribution in [0.25, 0.3) is 0 Å². The van der Waals surface area contributed by atoms with Crippen molar-refractivity contribution in [3.8, 4) is 0 Å². The molecule has 4 atom stereocenters. The smallest absolute Gasteiger partial charge is 0.0693 e. The second-order valence-electron chi connectivity index (χ2n) is 4.37. The van der Waals surface area contributed by atoms with Crippen molar-refractivity contribution in [1.29, 1.82) is 0 Å². The van der Waals surface area contributed by atoms with Gasteiger partial charge in [-0.1, -0.05) is 0 Å². The molecule has 0 heterocycles. The largest absolute Gasteiger partial charge is 0.392 e. The van der Waals surface area contributed by atoms with Crippen molar-refractivity contribution >= 4 is 0 Å². The van der Waals surface area contributed by atoms with Crippen LogP contribution in [0.2, 0.25) is 0 Å². The molecule has 0 radical (unpaired) electrons. The predicted octanol–water partition coefficient (Wildman–Crippen LogP) is 1.15. The van der Waals surface area contributed by atoms with Gasteiger partial charge in [0.1, 0.15) is 0 Å². The Morgan fingerprint density at radius 1 is 1.08 bits per heavy atom. The quantitative estimate of drug-likeness (QED) is 0.617. The third-order valence-electron chi connectivity index (χ3n) is 3.59. The van der Waals surface area contributed by atoms with E-state index in [1.54, 1.807) is 0 Å². The van der Waals surface area contributed by atoms with Gasteiger partial charge >= 0.3 is 0 Å². The summed E-state index contributed by atoms with van der Waals surface area (Å²) in [7, 11) is 1.96. The van der Waals surface area contributed by atoms with E-state index in [1.165, 1.54) is 25.7 Å². The van der Waals surface area contributed by atoms with Crippen molar-refractivity contribution < 1.29 is 5.11 Å². The highest BCUT2D eigenvalue weighted by atomic mass is 16.3. The molecule has 0 aliphatic heterocycles. The first kappa shape index (κ1) is 8.52. The van der Waals surface area contributed by atoms with Crippen LogP contribution in [0.3, 0.4) is 0 Å². The van der Waals surface area contributed by atoms with Crippen LogP contribution >= 0.6 is 0 Å². The van der Waals surface area contributed by atoms with E-state index < -0.39 is 0 Å². The maximum absolute atomic E-state index is 9.75. The standard InChI is InChI=1S/C10H19NO/c1-11-9-4-2-7-6-8(7)3-5-10(9)12/h7-12H,2-6H2,1H3/t7-,8-,9-,10-/m1/s1. The van der Waals surface area contributed by atoms with Crippen LogP contribution in [0.4, 0.5) is 0 Å². The van der Waals surface area contributed by atoms with Crippen molar-refractivity contribution in [3.05, 3.63) is 0 Å². The van der Waals surface area contributed by atoms with E-state index in [1.807, 2.05) is 7.05 Å². The zero-order valence-electron chi connectivity index (χ0n) is 7.79. The Hall–Kier alpha value is -0.0800. The molecule has 0 spiro atoms. The summed E-state index contributed by atoms with van der Waals surface area (Å²) in [6, 6.07) is 0.353.